The molecule has 1 fully saturated rings. The third-order valence-electron chi connectivity index (χ3n) is 3.45. The van der Waals surface area contributed by atoms with Crippen molar-refractivity contribution in [3.63, 3.8) is 0 Å². The Morgan fingerprint density at radius 2 is 2.12 bits per heavy atom. The first kappa shape index (κ1) is 11.6. The summed E-state index contributed by atoms with van der Waals surface area (Å²) in [5.74, 6) is 0. The van der Waals surface area contributed by atoms with Crippen LogP contribution in [0.15, 0.2) is 18.2 Å². The van der Waals surface area contributed by atoms with Gasteiger partial charge in [-0.25, -0.2) is 0 Å². The third kappa shape index (κ3) is 2.63. The Morgan fingerprint density at radius 3 is 2.75 bits per heavy atom. The van der Waals surface area contributed by atoms with Gasteiger partial charge in [-0.3, -0.25) is 0 Å². The number of hydrogen-bond acceptors (Lipinski definition) is 2. The van der Waals surface area contributed by atoms with Crippen LogP contribution in [0.4, 0.5) is 0 Å². The van der Waals surface area contributed by atoms with Crippen molar-refractivity contribution in [1.82, 2.24) is 5.32 Å². The lowest BCUT2D eigenvalue weighted by Crippen LogP contribution is -2.31. The fourth-order valence-corrected chi connectivity index (χ4v) is 2.15. The molecule has 1 saturated heterocycles. The largest absolute Gasteiger partial charge is 0.380 e. The molecule has 1 N–H and O–H groups in total. The molecular weight excluding hydrogens is 198 g/mol. The zero-order chi connectivity index (χ0) is 11.5. The molecule has 2 rings (SSSR count). The molecule has 1 aliphatic rings. The highest BCUT2D eigenvalue weighted by Gasteiger charge is 2.18. The maximum atomic E-state index is 5.37. The second-order valence-electron chi connectivity index (χ2n) is 4.79. The van der Waals surface area contributed by atoms with E-state index in [-0.39, 0.29) is 0 Å². The van der Waals surface area contributed by atoms with Crippen LogP contribution < -0.4 is 5.32 Å². The Labute approximate surface area is 98.0 Å². The maximum absolute atomic E-state index is 5.37. The average molecular weight is 219 g/mol. The van der Waals surface area contributed by atoms with Gasteiger partial charge < -0.3 is 10.1 Å². The molecule has 0 spiro atoms. The minimum atomic E-state index is 0.408. The van der Waals surface area contributed by atoms with E-state index in [0.717, 1.165) is 19.6 Å². The number of hydrogen-bond donors (Lipinski definition) is 1. The molecule has 2 unspecified atom stereocenters. The number of ether oxygens (including phenoxy) is 1. The molecule has 0 amide bonds. The van der Waals surface area contributed by atoms with Gasteiger partial charge in [0.2, 0.25) is 0 Å². The van der Waals surface area contributed by atoms with Crippen LogP contribution in [-0.2, 0) is 4.74 Å². The van der Waals surface area contributed by atoms with Crippen LogP contribution >= 0.6 is 0 Å². The molecule has 2 heteroatoms. The highest BCUT2D eigenvalue weighted by molar-refractivity contribution is 5.31. The van der Waals surface area contributed by atoms with Gasteiger partial charge in [0.15, 0.2) is 0 Å². The SMILES string of the molecule is Cc1ccc(C(C)NC2CCOC2)cc1C. The molecule has 0 saturated carbocycles. The molecule has 2 nitrogen and oxygen atoms in total. The molecule has 16 heavy (non-hydrogen) atoms. The molecule has 0 aliphatic carbocycles. The zero-order valence-corrected chi connectivity index (χ0v) is 10.4. The van der Waals surface area contributed by atoms with Gasteiger partial charge in [0.25, 0.3) is 0 Å². The Bertz CT molecular complexity index is 356. The summed E-state index contributed by atoms with van der Waals surface area (Å²) in [6.07, 6.45) is 1.13. The van der Waals surface area contributed by atoms with Gasteiger partial charge in [0.05, 0.1) is 6.61 Å². The lowest BCUT2D eigenvalue weighted by Gasteiger charge is -2.19. The van der Waals surface area contributed by atoms with Gasteiger partial charge in [0, 0.05) is 18.7 Å². The van der Waals surface area contributed by atoms with E-state index in [4.69, 9.17) is 4.74 Å². The smallest absolute Gasteiger partial charge is 0.0620 e. The number of aryl methyl sites for hydroxylation is 2. The monoisotopic (exact) mass is 219 g/mol. The summed E-state index contributed by atoms with van der Waals surface area (Å²) in [6.45, 7) is 8.31. The minimum Gasteiger partial charge on any atom is -0.380 e. The van der Waals surface area contributed by atoms with Crippen LogP contribution in [0.1, 0.15) is 36.1 Å². The van der Waals surface area contributed by atoms with Crippen molar-refractivity contribution in [1.29, 1.82) is 0 Å². The van der Waals surface area contributed by atoms with Crippen molar-refractivity contribution < 1.29 is 4.74 Å². The van der Waals surface area contributed by atoms with Crippen LogP contribution in [0.25, 0.3) is 0 Å². The van der Waals surface area contributed by atoms with E-state index in [9.17, 15) is 0 Å². The van der Waals surface area contributed by atoms with Crippen LogP contribution in [0, 0.1) is 13.8 Å². The van der Waals surface area contributed by atoms with E-state index in [1.54, 1.807) is 0 Å². The van der Waals surface area contributed by atoms with Crippen LogP contribution in [0.2, 0.25) is 0 Å². The Kier molecular flexibility index (Phi) is 3.62. The van der Waals surface area contributed by atoms with Gasteiger partial charge in [-0.05, 0) is 43.9 Å². The van der Waals surface area contributed by atoms with Crippen molar-refractivity contribution >= 4 is 0 Å². The summed E-state index contributed by atoms with van der Waals surface area (Å²) in [6, 6.07) is 7.63. The summed E-state index contributed by atoms with van der Waals surface area (Å²) in [7, 11) is 0. The van der Waals surface area contributed by atoms with Crippen molar-refractivity contribution in [3.8, 4) is 0 Å². The normalized spacial score (nSPS) is 22.3. The average Bonchev–Trinajstić information content (AvgIpc) is 2.74. The lowest BCUT2D eigenvalue weighted by atomic mass is 10.0. The number of benzene rings is 1. The summed E-state index contributed by atoms with van der Waals surface area (Å²) >= 11 is 0. The second-order valence-corrected chi connectivity index (χ2v) is 4.79. The lowest BCUT2D eigenvalue weighted by molar-refractivity contribution is 0.188. The van der Waals surface area contributed by atoms with E-state index >= 15 is 0 Å². The van der Waals surface area contributed by atoms with Crippen molar-refractivity contribution in [2.24, 2.45) is 0 Å². The Balaban J connectivity index is 2.02. The van der Waals surface area contributed by atoms with Gasteiger partial charge in [-0.1, -0.05) is 18.2 Å². The summed E-state index contributed by atoms with van der Waals surface area (Å²) in [5, 5.41) is 3.62. The maximum Gasteiger partial charge on any atom is 0.0620 e. The van der Waals surface area contributed by atoms with Crippen LogP contribution in [0.5, 0.6) is 0 Å². The van der Waals surface area contributed by atoms with Gasteiger partial charge >= 0.3 is 0 Å². The molecule has 0 bridgehead atoms. The first-order valence-corrected chi connectivity index (χ1v) is 6.08. The van der Waals surface area contributed by atoms with Gasteiger partial charge in [0.1, 0.15) is 0 Å². The standard InChI is InChI=1S/C14H21NO/c1-10-4-5-13(8-11(10)2)12(3)15-14-6-7-16-9-14/h4-5,8,12,14-15H,6-7,9H2,1-3H3. The number of rotatable bonds is 3. The summed E-state index contributed by atoms with van der Waals surface area (Å²) in [4.78, 5) is 0. The predicted octanol–water partition coefficient (Wildman–Crippen LogP) is 2.74. The Hall–Kier alpha value is -0.860. The van der Waals surface area contributed by atoms with E-state index in [2.05, 4.69) is 44.3 Å². The van der Waals surface area contributed by atoms with E-state index in [1.807, 2.05) is 0 Å². The van der Waals surface area contributed by atoms with E-state index < -0.39 is 0 Å². The zero-order valence-electron chi connectivity index (χ0n) is 10.4. The fraction of sp³-hybridized carbons (Fsp3) is 0.571. The molecular formula is C14H21NO. The number of nitrogens with one attached hydrogen (secondary N) is 1. The first-order chi connectivity index (χ1) is 7.66. The molecule has 1 aliphatic heterocycles. The molecule has 2 atom stereocenters. The molecule has 0 aromatic heterocycles. The minimum absolute atomic E-state index is 0.408. The van der Waals surface area contributed by atoms with Crippen molar-refractivity contribution in [2.45, 2.75) is 39.3 Å². The third-order valence-corrected chi connectivity index (χ3v) is 3.45. The topological polar surface area (TPSA) is 21.3 Å². The van der Waals surface area contributed by atoms with Crippen molar-refractivity contribution in [3.05, 3.63) is 34.9 Å². The molecule has 1 aromatic rings. The first-order valence-electron chi connectivity index (χ1n) is 6.08. The predicted molar refractivity (Wildman–Crippen MR) is 66.7 cm³/mol. The van der Waals surface area contributed by atoms with Gasteiger partial charge in [-0.2, -0.15) is 0 Å². The van der Waals surface area contributed by atoms with Crippen LogP contribution in [-0.4, -0.2) is 19.3 Å². The highest BCUT2D eigenvalue weighted by atomic mass is 16.5. The van der Waals surface area contributed by atoms with Crippen molar-refractivity contribution in [2.75, 3.05) is 13.2 Å². The highest BCUT2D eigenvalue weighted by Crippen LogP contribution is 2.18. The van der Waals surface area contributed by atoms with Crippen LogP contribution in [0.3, 0.4) is 0 Å². The van der Waals surface area contributed by atoms with E-state index in [1.165, 1.54) is 16.7 Å². The fourth-order valence-electron chi connectivity index (χ4n) is 2.15. The quantitative estimate of drug-likeness (QED) is 0.844. The molecule has 1 aromatic carbocycles. The molecule has 0 radical (unpaired) electrons. The van der Waals surface area contributed by atoms with E-state index in [0.29, 0.717) is 12.1 Å². The summed E-state index contributed by atoms with van der Waals surface area (Å²) in [5.41, 5.74) is 4.10. The Morgan fingerprint density at radius 1 is 1.31 bits per heavy atom. The molecule has 1 heterocycles. The summed E-state index contributed by atoms with van der Waals surface area (Å²) < 4.78 is 5.37. The second kappa shape index (κ2) is 4.98. The molecule has 88 valence electrons. The van der Waals surface area contributed by atoms with Gasteiger partial charge in [-0.15, -0.1) is 0 Å².